The molecule has 0 saturated carbocycles. The summed E-state index contributed by atoms with van der Waals surface area (Å²) in [4.78, 5) is 0. The molecule has 1 heterocycles. The Morgan fingerprint density at radius 1 is 1.28 bits per heavy atom. The van der Waals surface area contributed by atoms with Gasteiger partial charge in [0, 0.05) is 14.2 Å². The molecule has 1 aromatic heterocycles. The smallest absolute Gasteiger partial charge is 0.205 e. The Labute approximate surface area is 110 Å². The zero-order valence-electron chi connectivity index (χ0n) is 10.3. The second-order valence-electron chi connectivity index (χ2n) is 3.62. The predicted molar refractivity (Wildman–Crippen MR) is 70.9 cm³/mol. The highest BCUT2D eigenvalue weighted by Crippen LogP contribution is 2.18. The molecule has 0 spiro atoms. The van der Waals surface area contributed by atoms with Gasteiger partial charge >= 0.3 is 0 Å². The molecule has 1 N–H and O–H groups in total. The standard InChI is InChI=1S/C12H15N3O2S/c1-13-12-15-14-11(18-12)8-17-10-5-3-4-9(6-10)7-16-2/h3-6H,7-8H2,1-2H3,(H,13,15). The summed E-state index contributed by atoms with van der Waals surface area (Å²) >= 11 is 1.48. The van der Waals surface area contributed by atoms with Crippen molar-refractivity contribution >= 4 is 16.5 Å². The summed E-state index contributed by atoms with van der Waals surface area (Å²) in [6.45, 7) is 1.01. The van der Waals surface area contributed by atoms with E-state index in [0.29, 0.717) is 13.2 Å². The van der Waals surface area contributed by atoms with Crippen molar-refractivity contribution in [3.63, 3.8) is 0 Å². The molecular weight excluding hydrogens is 250 g/mol. The lowest BCUT2D eigenvalue weighted by Gasteiger charge is -2.05. The molecule has 2 aromatic rings. The Bertz CT molecular complexity index is 502. The van der Waals surface area contributed by atoms with Crippen molar-refractivity contribution in [3.05, 3.63) is 34.8 Å². The van der Waals surface area contributed by atoms with Crippen molar-refractivity contribution in [1.29, 1.82) is 0 Å². The van der Waals surface area contributed by atoms with Crippen LogP contribution >= 0.6 is 11.3 Å². The normalized spacial score (nSPS) is 10.3. The van der Waals surface area contributed by atoms with E-state index in [9.17, 15) is 0 Å². The van der Waals surface area contributed by atoms with Crippen LogP contribution < -0.4 is 10.1 Å². The Balaban J connectivity index is 1.94. The molecular formula is C12H15N3O2S. The molecule has 2 rings (SSSR count). The Hall–Kier alpha value is -1.66. The second-order valence-corrected chi connectivity index (χ2v) is 4.68. The first kappa shape index (κ1) is 12.8. The Morgan fingerprint density at radius 3 is 2.89 bits per heavy atom. The van der Waals surface area contributed by atoms with E-state index in [1.807, 2.05) is 31.3 Å². The van der Waals surface area contributed by atoms with E-state index < -0.39 is 0 Å². The Kier molecular flexibility index (Phi) is 4.49. The van der Waals surface area contributed by atoms with Crippen molar-refractivity contribution in [2.24, 2.45) is 0 Å². The van der Waals surface area contributed by atoms with Crippen LogP contribution in [0.1, 0.15) is 10.6 Å². The molecule has 0 unspecified atom stereocenters. The molecule has 0 radical (unpaired) electrons. The third kappa shape index (κ3) is 3.41. The lowest BCUT2D eigenvalue weighted by atomic mass is 10.2. The average molecular weight is 265 g/mol. The number of anilines is 1. The summed E-state index contributed by atoms with van der Waals surface area (Å²) in [6.07, 6.45) is 0. The molecule has 0 atom stereocenters. The van der Waals surface area contributed by atoms with Gasteiger partial charge in [-0.05, 0) is 17.7 Å². The fraction of sp³-hybridized carbons (Fsp3) is 0.333. The van der Waals surface area contributed by atoms with E-state index in [1.54, 1.807) is 7.11 Å². The van der Waals surface area contributed by atoms with Gasteiger partial charge in [-0.3, -0.25) is 0 Å². The van der Waals surface area contributed by atoms with Crippen LogP contribution in [0.25, 0.3) is 0 Å². The van der Waals surface area contributed by atoms with E-state index in [2.05, 4.69) is 15.5 Å². The molecule has 0 bridgehead atoms. The Morgan fingerprint density at radius 2 is 2.17 bits per heavy atom. The van der Waals surface area contributed by atoms with Crippen LogP contribution in [0.5, 0.6) is 5.75 Å². The average Bonchev–Trinajstić information content (AvgIpc) is 2.85. The van der Waals surface area contributed by atoms with Crippen LogP contribution in [0, 0.1) is 0 Å². The van der Waals surface area contributed by atoms with E-state index in [-0.39, 0.29) is 0 Å². The molecule has 0 aliphatic rings. The van der Waals surface area contributed by atoms with Crippen LogP contribution in [0.2, 0.25) is 0 Å². The second kappa shape index (κ2) is 6.32. The molecule has 0 aliphatic heterocycles. The quantitative estimate of drug-likeness (QED) is 0.868. The lowest BCUT2D eigenvalue weighted by molar-refractivity contribution is 0.184. The summed E-state index contributed by atoms with van der Waals surface area (Å²) in [5.41, 5.74) is 1.09. The molecule has 0 saturated heterocycles. The van der Waals surface area contributed by atoms with Gasteiger partial charge < -0.3 is 14.8 Å². The summed E-state index contributed by atoms with van der Waals surface area (Å²) in [6, 6.07) is 7.83. The number of ether oxygens (including phenoxy) is 2. The third-order valence-corrected chi connectivity index (χ3v) is 3.17. The molecule has 0 fully saturated rings. The van der Waals surface area contributed by atoms with Gasteiger partial charge in [-0.25, -0.2) is 0 Å². The van der Waals surface area contributed by atoms with Crippen LogP contribution in [0.15, 0.2) is 24.3 Å². The highest BCUT2D eigenvalue weighted by atomic mass is 32.1. The SMILES string of the molecule is CNc1nnc(COc2cccc(COC)c2)s1. The minimum atomic E-state index is 0.426. The van der Waals surface area contributed by atoms with Crippen molar-refractivity contribution in [2.75, 3.05) is 19.5 Å². The van der Waals surface area contributed by atoms with Crippen molar-refractivity contribution in [2.45, 2.75) is 13.2 Å². The molecule has 1 aromatic carbocycles. The number of nitrogens with one attached hydrogen (secondary N) is 1. The largest absolute Gasteiger partial charge is 0.486 e. The maximum Gasteiger partial charge on any atom is 0.205 e. The number of hydrogen-bond acceptors (Lipinski definition) is 6. The summed E-state index contributed by atoms with van der Waals surface area (Å²) in [7, 11) is 3.49. The summed E-state index contributed by atoms with van der Waals surface area (Å²) in [5.74, 6) is 0.811. The van der Waals surface area contributed by atoms with E-state index in [4.69, 9.17) is 9.47 Å². The first-order chi connectivity index (χ1) is 8.81. The zero-order valence-corrected chi connectivity index (χ0v) is 11.2. The fourth-order valence-electron chi connectivity index (χ4n) is 1.45. The van der Waals surface area contributed by atoms with Gasteiger partial charge in [0.15, 0.2) is 5.01 Å². The number of hydrogen-bond donors (Lipinski definition) is 1. The molecule has 96 valence electrons. The van der Waals surface area contributed by atoms with Crippen molar-refractivity contribution < 1.29 is 9.47 Å². The van der Waals surface area contributed by atoms with Crippen molar-refractivity contribution in [1.82, 2.24) is 10.2 Å². The van der Waals surface area contributed by atoms with Crippen LogP contribution in [0.4, 0.5) is 5.13 Å². The highest BCUT2D eigenvalue weighted by molar-refractivity contribution is 7.15. The summed E-state index contributed by atoms with van der Waals surface area (Å²) < 4.78 is 10.7. The van der Waals surface area contributed by atoms with Gasteiger partial charge in [0.25, 0.3) is 0 Å². The minimum absolute atomic E-state index is 0.426. The molecule has 0 aliphatic carbocycles. The van der Waals surface area contributed by atoms with E-state index in [1.165, 1.54) is 11.3 Å². The van der Waals surface area contributed by atoms with E-state index >= 15 is 0 Å². The minimum Gasteiger partial charge on any atom is -0.486 e. The number of aromatic nitrogens is 2. The topological polar surface area (TPSA) is 56.3 Å². The maximum atomic E-state index is 5.66. The van der Waals surface area contributed by atoms with Gasteiger partial charge in [0.05, 0.1) is 6.61 Å². The molecule has 18 heavy (non-hydrogen) atoms. The third-order valence-electron chi connectivity index (χ3n) is 2.25. The van der Waals surface area contributed by atoms with Crippen LogP contribution in [-0.2, 0) is 18.0 Å². The first-order valence-electron chi connectivity index (χ1n) is 5.52. The van der Waals surface area contributed by atoms with Gasteiger partial charge in [0.2, 0.25) is 5.13 Å². The predicted octanol–water partition coefficient (Wildman–Crippen LogP) is 2.31. The maximum absolute atomic E-state index is 5.66. The molecule has 0 amide bonds. The van der Waals surface area contributed by atoms with Crippen LogP contribution in [0.3, 0.4) is 0 Å². The van der Waals surface area contributed by atoms with Crippen molar-refractivity contribution in [3.8, 4) is 5.75 Å². The van der Waals surface area contributed by atoms with E-state index in [0.717, 1.165) is 21.5 Å². The molecule has 5 nitrogen and oxygen atoms in total. The molecule has 6 heteroatoms. The number of nitrogens with zero attached hydrogens (tertiary/aromatic N) is 2. The highest BCUT2D eigenvalue weighted by Gasteiger charge is 2.03. The van der Waals surface area contributed by atoms with Gasteiger partial charge in [-0.15, -0.1) is 10.2 Å². The lowest BCUT2D eigenvalue weighted by Crippen LogP contribution is -1.96. The monoisotopic (exact) mass is 265 g/mol. The van der Waals surface area contributed by atoms with Gasteiger partial charge in [-0.1, -0.05) is 23.5 Å². The summed E-state index contributed by atoms with van der Waals surface area (Å²) in [5, 5.41) is 12.5. The van der Waals surface area contributed by atoms with Gasteiger partial charge in [0.1, 0.15) is 12.4 Å². The van der Waals surface area contributed by atoms with Crippen LogP contribution in [-0.4, -0.2) is 24.4 Å². The number of benzene rings is 1. The van der Waals surface area contributed by atoms with Gasteiger partial charge in [-0.2, -0.15) is 0 Å². The zero-order chi connectivity index (χ0) is 12.8. The fourth-order valence-corrected chi connectivity index (χ4v) is 2.06. The first-order valence-corrected chi connectivity index (χ1v) is 6.34. The number of rotatable bonds is 6. The number of methoxy groups -OCH3 is 1.